The van der Waals surface area contributed by atoms with Crippen LogP contribution in [0.3, 0.4) is 0 Å². The molecule has 0 radical (unpaired) electrons. The van der Waals surface area contributed by atoms with Gasteiger partial charge in [-0.05, 0) is 43.4 Å². The molecule has 0 spiro atoms. The summed E-state index contributed by atoms with van der Waals surface area (Å²) >= 11 is 0. The van der Waals surface area contributed by atoms with Crippen LogP contribution < -0.4 is 10.6 Å². The number of hydrogen-bond acceptors (Lipinski definition) is 3. The standard InChI is InChI=1S/C18H27N3O/c1-2-16(12-20-18(22)17-8-5-10-19-17)21-11-9-14-6-3-4-7-15(14)13-21/h3-4,6-7,16-17,19H,2,5,8-13H2,1H3,(H,20,22). The Labute approximate surface area is 133 Å². The molecule has 1 fully saturated rings. The summed E-state index contributed by atoms with van der Waals surface area (Å²) in [6.07, 6.45) is 4.27. The molecule has 1 aromatic rings. The van der Waals surface area contributed by atoms with Crippen LogP contribution in [0.15, 0.2) is 24.3 Å². The van der Waals surface area contributed by atoms with Crippen LogP contribution in [0.1, 0.15) is 37.3 Å². The Morgan fingerprint density at radius 3 is 2.95 bits per heavy atom. The van der Waals surface area contributed by atoms with Crippen LogP contribution in [0.5, 0.6) is 0 Å². The van der Waals surface area contributed by atoms with Gasteiger partial charge in [0.1, 0.15) is 0 Å². The Bertz CT molecular complexity index is 511. The Kier molecular flexibility index (Phi) is 5.11. The first kappa shape index (κ1) is 15.5. The summed E-state index contributed by atoms with van der Waals surface area (Å²) in [6, 6.07) is 9.17. The molecule has 120 valence electrons. The van der Waals surface area contributed by atoms with Crippen molar-refractivity contribution in [3.8, 4) is 0 Å². The van der Waals surface area contributed by atoms with Crippen molar-refractivity contribution in [2.45, 2.75) is 51.2 Å². The zero-order chi connectivity index (χ0) is 15.4. The first-order valence-corrected chi connectivity index (χ1v) is 8.60. The normalized spacial score (nSPS) is 23.0. The molecule has 0 aliphatic carbocycles. The van der Waals surface area contributed by atoms with Gasteiger partial charge in [0.2, 0.25) is 5.91 Å². The van der Waals surface area contributed by atoms with Gasteiger partial charge in [-0.15, -0.1) is 0 Å². The third-order valence-electron chi connectivity index (χ3n) is 5.04. The summed E-state index contributed by atoms with van der Waals surface area (Å²) in [7, 11) is 0. The molecule has 0 aromatic heterocycles. The highest BCUT2D eigenvalue weighted by Gasteiger charge is 2.25. The van der Waals surface area contributed by atoms with Crippen molar-refractivity contribution < 1.29 is 4.79 Å². The minimum atomic E-state index is 0.0274. The van der Waals surface area contributed by atoms with Gasteiger partial charge in [0.25, 0.3) is 0 Å². The average molecular weight is 301 g/mol. The summed E-state index contributed by atoms with van der Waals surface area (Å²) in [5, 5.41) is 6.42. The van der Waals surface area contributed by atoms with E-state index in [1.165, 1.54) is 11.1 Å². The van der Waals surface area contributed by atoms with Gasteiger partial charge < -0.3 is 10.6 Å². The maximum atomic E-state index is 12.2. The average Bonchev–Trinajstić information content (AvgIpc) is 3.09. The topological polar surface area (TPSA) is 44.4 Å². The first-order chi connectivity index (χ1) is 10.8. The second-order valence-corrected chi connectivity index (χ2v) is 6.45. The smallest absolute Gasteiger partial charge is 0.237 e. The molecule has 2 heterocycles. The largest absolute Gasteiger partial charge is 0.353 e. The molecular weight excluding hydrogens is 274 g/mol. The maximum absolute atomic E-state index is 12.2. The van der Waals surface area contributed by atoms with E-state index < -0.39 is 0 Å². The highest BCUT2D eigenvalue weighted by atomic mass is 16.2. The number of fused-ring (bicyclic) bond motifs is 1. The summed E-state index contributed by atoms with van der Waals surface area (Å²) in [4.78, 5) is 14.7. The van der Waals surface area contributed by atoms with E-state index in [9.17, 15) is 4.79 Å². The van der Waals surface area contributed by atoms with Crippen LogP contribution in [0, 0.1) is 0 Å². The molecule has 1 saturated heterocycles. The lowest BCUT2D eigenvalue weighted by atomic mass is 9.98. The third kappa shape index (κ3) is 3.50. The van der Waals surface area contributed by atoms with Crippen LogP contribution >= 0.6 is 0 Å². The number of carbonyl (C=O) groups excluding carboxylic acids is 1. The predicted octanol–water partition coefficient (Wildman–Crippen LogP) is 1.69. The zero-order valence-electron chi connectivity index (χ0n) is 13.5. The lowest BCUT2D eigenvalue weighted by Crippen LogP contribution is -2.48. The van der Waals surface area contributed by atoms with Crippen molar-refractivity contribution in [2.24, 2.45) is 0 Å². The fourth-order valence-corrected chi connectivity index (χ4v) is 3.61. The number of hydrogen-bond donors (Lipinski definition) is 2. The van der Waals surface area contributed by atoms with E-state index in [1.807, 2.05) is 0 Å². The van der Waals surface area contributed by atoms with Crippen molar-refractivity contribution in [3.63, 3.8) is 0 Å². The van der Waals surface area contributed by atoms with Gasteiger partial charge in [-0.3, -0.25) is 9.69 Å². The summed E-state index contributed by atoms with van der Waals surface area (Å²) < 4.78 is 0. The van der Waals surface area contributed by atoms with Crippen LogP contribution in [0.2, 0.25) is 0 Å². The molecule has 22 heavy (non-hydrogen) atoms. The summed E-state index contributed by atoms with van der Waals surface area (Å²) in [5.74, 6) is 0.174. The van der Waals surface area contributed by atoms with E-state index in [2.05, 4.69) is 46.7 Å². The van der Waals surface area contributed by atoms with E-state index >= 15 is 0 Å². The van der Waals surface area contributed by atoms with Gasteiger partial charge in [-0.2, -0.15) is 0 Å². The van der Waals surface area contributed by atoms with Gasteiger partial charge in [-0.25, -0.2) is 0 Å². The molecule has 0 bridgehead atoms. The van der Waals surface area contributed by atoms with Crippen LogP contribution in [0.25, 0.3) is 0 Å². The monoisotopic (exact) mass is 301 g/mol. The van der Waals surface area contributed by atoms with Crippen molar-refractivity contribution in [1.29, 1.82) is 0 Å². The number of benzene rings is 1. The number of nitrogens with one attached hydrogen (secondary N) is 2. The molecule has 4 nitrogen and oxygen atoms in total. The van der Waals surface area contributed by atoms with Crippen LogP contribution in [-0.4, -0.2) is 42.5 Å². The molecule has 2 aliphatic rings. The van der Waals surface area contributed by atoms with Crippen molar-refractivity contribution in [1.82, 2.24) is 15.5 Å². The lowest BCUT2D eigenvalue weighted by molar-refractivity contribution is -0.123. The summed E-state index contributed by atoms with van der Waals surface area (Å²) in [5.41, 5.74) is 2.92. The molecule has 2 atom stereocenters. The predicted molar refractivity (Wildman–Crippen MR) is 88.7 cm³/mol. The van der Waals surface area contributed by atoms with Gasteiger partial charge in [0, 0.05) is 25.7 Å². The Balaban J connectivity index is 1.54. The molecule has 2 unspecified atom stereocenters. The van der Waals surface area contributed by atoms with Crippen molar-refractivity contribution in [3.05, 3.63) is 35.4 Å². The molecular formula is C18H27N3O. The molecule has 2 N–H and O–H groups in total. The number of amides is 1. The Hall–Kier alpha value is -1.39. The second kappa shape index (κ2) is 7.25. The first-order valence-electron chi connectivity index (χ1n) is 8.60. The molecule has 2 aliphatic heterocycles. The van der Waals surface area contributed by atoms with Gasteiger partial charge >= 0.3 is 0 Å². The lowest BCUT2D eigenvalue weighted by Gasteiger charge is -2.35. The summed E-state index contributed by atoms with van der Waals surface area (Å²) in [6.45, 7) is 6.04. The number of carbonyl (C=O) groups is 1. The fourth-order valence-electron chi connectivity index (χ4n) is 3.61. The quantitative estimate of drug-likeness (QED) is 0.870. The molecule has 3 rings (SSSR count). The van der Waals surface area contributed by atoms with Gasteiger partial charge in [0.05, 0.1) is 6.04 Å². The maximum Gasteiger partial charge on any atom is 0.237 e. The molecule has 1 aromatic carbocycles. The van der Waals surface area contributed by atoms with Crippen LogP contribution in [-0.2, 0) is 17.8 Å². The molecule has 1 amide bonds. The van der Waals surface area contributed by atoms with Crippen molar-refractivity contribution >= 4 is 5.91 Å². The fraction of sp³-hybridized carbons (Fsp3) is 0.611. The molecule has 0 saturated carbocycles. The minimum Gasteiger partial charge on any atom is -0.353 e. The van der Waals surface area contributed by atoms with Gasteiger partial charge in [0.15, 0.2) is 0 Å². The molecule has 4 heteroatoms. The second-order valence-electron chi connectivity index (χ2n) is 6.45. The third-order valence-corrected chi connectivity index (χ3v) is 5.04. The minimum absolute atomic E-state index is 0.0274. The van der Waals surface area contributed by atoms with E-state index in [-0.39, 0.29) is 11.9 Å². The van der Waals surface area contributed by atoms with E-state index in [0.717, 1.165) is 51.9 Å². The Morgan fingerprint density at radius 2 is 2.23 bits per heavy atom. The number of nitrogens with zero attached hydrogens (tertiary/aromatic N) is 1. The van der Waals surface area contributed by atoms with E-state index in [0.29, 0.717) is 6.04 Å². The van der Waals surface area contributed by atoms with E-state index in [4.69, 9.17) is 0 Å². The SMILES string of the molecule is CCC(CNC(=O)C1CCCN1)N1CCc2ccccc2C1. The number of rotatable bonds is 5. The zero-order valence-corrected chi connectivity index (χ0v) is 13.5. The van der Waals surface area contributed by atoms with Crippen LogP contribution in [0.4, 0.5) is 0 Å². The Morgan fingerprint density at radius 1 is 1.41 bits per heavy atom. The van der Waals surface area contributed by atoms with E-state index in [1.54, 1.807) is 0 Å². The highest BCUT2D eigenvalue weighted by Crippen LogP contribution is 2.21. The van der Waals surface area contributed by atoms with Gasteiger partial charge in [-0.1, -0.05) is 31.2 Å². The van der Waals surface area contributed by atoms with Crippen molar-refractivity contribution in [2.75, 3.05) is 19.6 Å². The highest BCUT2D eigenvalue weighted by molar-refractivity contribution is 5.82.